The molecule has 6 nitrogen and oxygen atoms in total. The third-order valence-electron chi connectivity index (χ3n) is 5.33. The van der Waals surface area contributed by atoms with Crippen molar-refractivity contribution >= 4 is 21.7 Å². The number of carbonyl (C=O) groups is 2. The molecule has 0 aliphatic carbocycles. The molecule has 2 heterocycles. The Kier molecular flexibility index (Phi) is 4.86. The van der Waals surface area contributed by atoms with Gasteiger partial charge in [-0.1, -0.05) is 31.5 Å². The quantitative estimate of drug-likeness (QED) is 0.780. The molecular formula is C19H26N2O4S. The van der Waals surface area contributed by atoms with Crippen molar-refractivity contribution in [1.82, 2.24) is 9.80 Å². The summed E-state index contributed by atoms with van der Waals surface area (Å²) >= 11 is 0. The molecule has 2 aliphatic heterocycles. The van der Waals surface area contributed by atoms with Gasteiger partial charge in [-0.25, -0.2) is 8.42 Å². The lowest BCUT2D eigenvalue weighted by Crippen LogP contribution is -2.62. The van der Waals surface area contributed by atoms with Crippen LogP contribution in [0.3, 0.4) is 0 Å². The van der Waals surface area contributed by atoms with E-state index >= 15 is 0 Å². The van der Waals surface area contributed by atoms with E-state index in [1.54, 1.807) is 15.9 Å². The normalized spacial score (nSPS) is 24.7. The largest absolute Gasteiger partial charge is 0.335 e. The van der Waals surface area contributed by atoms with Crippen molar-refractivity contribution in [2.45, 2.75) is 39.8 Å². The number of piperazine rings is 1. The van der Waals surface area contributed by atoms with Crippen LogP contribution in [0, 0.1) is 19.8 Å². The molecule has 2 fully saturated rings. The molecule has 0 radical (unpaired) electrons. The molecule has 26 heavy (non-hydrogen) atoms. The topological polar surface area (TPSA) is 74.8 Å². The van der Waals surface area contributed by atoms with Crippen LogP contribution in [0.1, 0.15) is 35.3 Å². The van der Waals surface area contributed by atoms with Gasteiger partial charge in [-0.2, -0.15) is 0 Å². The predicted octanol–water partition coefficient (Wildman–Crippen LogP) is 1.41. The summed E-state index contributed by atoms with van der Waals surface area (Å²) in [5.41, 5.74) is 2.56. The molecule has 0 unspecified atom stereocenters. The summed E-state index contributed by atoms with van der Waals surface area (Å²) in [6, 6.07) is 4.73. The highest BCUT2D eigenvalue weighted by molar-refractivity contribution is 7.91. The molecule has 2 atom stereocenters. The van der Waals surface area contributed by atoms with Crippen LogP contribution in [0.4, 0.5) is 0 Å². The molecule has 7 heteroatoms. The van der Waals surface area contributed by atoms with Crippen molar-refractivity contribution in [2.75, 3.05) is 24.6 Å². The summed E-state index contributed by atoms with van der Waals surface area (Å²) < 4.78 is 24.6. The zero-order valence-electron chi connectivity index (χ0n) is 15.7. The van der Waals surface area contributed by atoms with Gasteiger partial charge in [0.25, 0.3) is 5.91 Å². The van der Waals surface area contributed by atoms with Gasteiger partial charge in [0, 0.05) is 24.6 Å². The maximum absolute atomic E-state index is 13.1. The summed E-state index contributed by atoms with van der Waals surface area (Å²) in [6.45, 7) is 8.23. The van der Waals surface area contributed by atoms with Crippen LogP contribution in [0.5, 0.6) is 0 Å². The summed E-state index contributed by atoms with van der Waals surface area (Å²) in [4.78, 5) is 29.0. The van der Waals surface area contributed by atoms with E-state index in [-0.39, 0.29) is 29.2 Å². The van der Waals surface area contributed by atoms with Gasteiger partial charge in [-0.05, 0) is 25.5 Å². The Hall–Kier alpha value is -1.89. The second kappa shape index (κ2) is 6.68. The maximum atomic E-state index is 13.1. The van der Waals surface area contributed by atoms with E-state index < -0.39 is 21.9 Å². The van der Waals surface area contributed by atoms with Crippen LogP contribution in [-0.2, 0) is 14.6 Å². The van der Waals surface area contributed by atoms with Gasteiger partial charge in [-0.3, -0.25) is 9.59 Å². The van der Waals surface area contributed by atoms with Gasteiger partial charge in [0.2, 0.25) is 5.91 Å². The van der Waals surface area contributed by atoms with Crippen molar-refractivity contribution in [3.05, 3.63) is 34.9 Å². The van der Waals surface area contributed by atoms with E-state index in [1.807, 2.05) is 39.8 Å². The van der Waals surface area contributed by atoms with Crippen LogP contribution in [0.25, 0.3) is 0 Å². The molecule has 2 aliphatic rings. The molecule has 0 spiro atoms. The van der Waals surface area contributed by atoms with Crippen molar-refractivity contribution in [1.29, 1.82) is 0 Å². The van der Waals surface area contributed by atoms with E-state index in [0.717, 1.165) is 11.1 Å². The molecule has 0 saturated carbocycles. The van der Waals surface area contributed by atoms with Crippen LogP contribution >= 0.6 is 0 Å². The fourth-order valence-electron chi connectivity index (χ4n) is 4.02. The summed E-state index contributed by atoms with van der Waals surface area (Å²) in [7, 11) is -3.27. The average Bonchev–Trinajstić information content (AvgIpc) is 2.87. The Labute approximate surface area is 155 Å². The monoisotopic (exact) mass is 378 g/mol. The summed E-state index contributed by atoms with van der Waals surface area (Å²) in [5, 5.41) is 0. The number of hydrogen-bond acceptors (Lipinski definition) is 4. The summed E-state index contributed by atoms with van der Waals surface area (Å²) in [6.07, 6.45) is 0. The first-order chi connectivity index (χ1) is 12.1. The molecule has 1 aromatic rings. The van der Waals surface area contributed by atoms with E-state index in [2.05, 4.69) is 0 Å². The van der Waals surface area contributed by atoms with E-state index in [4.69, 9.17) is 0 Å². The second-order valence-electron chi connectivity index (χ2n) is 7.71. The molecule has 0 N–H and O–H groups in total. The highest BCUT2D eigenvalue weighted by atomic mass is 32.2. The Morgan fingerprint density at radius 1 is 1.04 bits per heavy atom. The number of rotatable bonds is 2. The first-order valence-electron chi connectivity index (χ1n) is 9.00. The Bertz CT molecular complexity index is 847. The lowest BCUT2D eigenvalue weighted by molar-refractivity contribution is -0.139. The van der Waals surface area contributed by atoms with Crippen LogP contribution in [0.2, 0.25) is 0 Å². The van der Waals surface area contributed by atoms with Crippen molar-refractivity contribution < 1.29 is 18.0 Å². The molecular weight excluding hydrogens is 352 g/mol. The smallest absolute Gasteiger partial charge is 0.254 e. The molecule has 0 aromatic heterocycles. The lowest BCUT2D eigenvalue weighted by Gasteiger charge is -2.44. The number of amides is 2. The number of fused-ring (bicyclic) bond motifs is 1. The number of benzene rings is 1. The number of nitrogens with zero attached hydrogens (tertiary/aromatic N) is 2. The number of carbonyl (C=O) groups excluding carboxylic acids is 2. The van der Waals surface area contributed by atoms with Gasteiger partial charge < -0.3 is 9.80 Å². The zero-order chi connectivity index (χ0) is 19.2. The SMILES string of the molecule is Cc1ccc(C(=O)N2CCN(C(=O)C(C)C)[C@@H]3CS(=O)(=O)C[C@@H]32)c(C)c1. The van der Waals surface area contributed by atoms with E-state index in [0.29, 0.717) is 18.7 Å². The minimum absolute atomic E-state index is 0.0456. The van der Waals surface area contributed by atoms with Crippen molar-refractivity contribution in [3.8, 4) is 0 Å². The molecule has 3 rings (SSSR count). The third kappa shape index (κ3) is 3.37. The standard InChI is InChI=1S/C19H26N2O4S/c1-12(2)18(22)20-7-8-21(17-11-26(24,25)10-16(17)20)19(23)15-6-5-13(3)9-14(15)4/h5-6,9,12,16-17H,7-8,10-11H2,1-4H3/t16-,17+/m1/s1. The average molecular weight is 378 g/mol. The molecule has 142 valence electrons. The molecule has 1 aromatic carbocycles. The van der Waals surface area contributed by atoms with Crippen molar-refractivity contribution in [2.24, 2.45) is 5.92 Å². The fraction of sp³-hybridized carbons (Fsp3) is 0.579. The van der Waals surface area contributed by atoms with E-state index in [9.17, 15) is 18.0 Å². The molecule has 2 saturated heterocycles. The van der Waals surface area contributed by atoms with E-state index in [1.165, 1.54) is 0 Å². The second-order valence-corrected chi connectivity index (χ2v) is 9.87. The number of hydrogen-bond donors (Lipinski definition) is 0. The Morgan fingerprint density at radius 3 is 2.19 bits per heavy atom. The predicted molar refractivity (Wildman–Crippen MR) is 99.7 cm³/mol. The number of aryl methyl sites for hydroxylation is 2. The third-order valence-corrected chi connectivity index (χ3v) is 7.02. The minimum atomic E-state index is -3.27. The van der Waals surface area contributed by atoms with Gasteiger partial charge in [0.05, 0.1) is 23.6 Å². The highest BCUT2D eigenvalue weighted by Gasteiger charge is 2.49. The molecule has 0 bridgehead atoms. The Morgan fingerprint density at radius 2 is 1.62 bits per heavy atom. The van der Waals surface area contributed by atoms with Gasteiger partial charge in [-0.15, -0.1) is 0 Å². The number of sulfone groups is 1. The maximum Gasteiger partial charge on any atom is 0.254 e. The Balaban J connectivity index is 1.93. The first kappa shape index (κ1) is 18.9. The van der Waals surface area contributed by atoms with Crippen LogP contribution in [-0.4, -0.2) is 66.7 Å². The minimum Gasteiger partial charge on any atom is -0.335 e. The van der Waals surface area contributed by atoms with Crippen LogP contribution < -0.4 is 0 Å². The first-order valence-corrected chi connectivity index (χ1v) is 10.8. The van der Waals surface area contributed by atoms with Crippen molar-refractivity contribution in [3.63, 3.8) is 0 Å². The van der Waals surface area contributed by atoms with Gasteiger partial charge in [0.15, 0.2) is 9.84 Å². The lowest BCUT2D eigenvalue weighted by atomic mass is 9.99. The zero-order valence-corrected chi connectivity index (χ0v) is 16.5. The summed E-state index contributed by atoms with van der Waals surface area (Å²) in [5.74, 6) is -0.522. The fourth-order valence-corrected chi connectivity index (χ4v) is 6.00. The van der Waals surface area contributed by atoms with Gasteiger partial charge >= 0.3 is 0 Å². The van der Waals surface area contributed by atoms with Gasteiger partial charge in [0.1, 0.15) is 0 Å². The van der Waals surface area contributed by atoms with Crippen LogP contribution in [0.15, 0.2) is 18.2 Å². The highest BCUT2D eigenvalue weighted by Crippen LogP contribution is 2.29. The molecule has 2 amide bonds.